The van der Waals surface area contributed by atoms with Crippen LogP contribution in [0.15, 0.2) is 69.4 Å². The van der Waals surface area contributed by atoms with Gasteiger partial charge in [-0.05, 0) is 51.8 Å². The lowest BCUT2D eigenvalue weighted by Crippen LogP contribution is -2.31. The minimum absolute atomic E-state index is 0.0133. The largest absolute Gasteiger partial charge is 0.244 e. The zero-order valence-electron chi connectivity index (χ0n) is 14.5. The number of sulfonamides is 1. The first-order valence-corrected chi connectivity index (χ1v) is 11.8. The number of rotatable bonds is 7. The topological polar surface area (TPSA) is 95.3 Å². The molecular formula is C18H17BrN2O4S2. The summed E-state index contributed by atoms with van der Waals surface area (Å²) in [6.07, 6.45) is 2.46. The smallest absolute Gasteiger partial charge is 0.224 e. The highest BCUT2D eigenvalue weighted by Gasteiger charge is 2.27. The van der Waals surface area contributed by atoms with Crippen LogP contribution in [-0.4, -0.2) is 33.9 Å². The number of sulfone groups is 1. The second kappa shape index (κ2) is 8.35. The van der Waals surface area contributed by atoms with Gasteiger partial charge in [0.05, 0.1) is 21.4 Å². The van der Waals surface area contributed by atoms with Crippen LogP contribution in [0.3, 0.4) is 0 Å². The van der Waals surface area contributed by atoms with Crippen molar-refractivity contribution in [3.05, 3.63) is 70.7 Å². The summed E-state index contributed by atoms with van der Waals surface area (Å²) in [5.41, 5.74) is 1.05. The molecule has 2 aromatic rings. The Kier molecular flexibility index (Phi) is 6.59. The van der Waals surface area contributed by atoms with E-state index in [4.69, 9.17) is 5.26 Å². The first kappa shape index (κ1) is 21.3. The highest BCUT2D eigenvalue weighted by Crippen LogP contribution is 2.29. The average molecular weight is 469 g/mol. The summed E-state index contributed by atoms with van der Waals surface area (Å²) in [6, 6.07) is 12.5. The van der Waals surface area contributed by atoms with Crippen molar-refractivity contribution in [2.45, 2.75) is 16.3 Å². The Hall–Kier alpha value is -1.99. The van der Waals surface area contributed by atoms with Gasteiger partial charge in [0.1, 0.15) is 0 Å². The van der Waals surface area contributed by atoms with Crippen molar-refractivity contribution >= 4 is 35.8 Å². The molecule has 0 saturated carbocycles. The third kappa shape index (κ3) is 5.05. The van der Waals surface area contributed by atoms with Crippen LogP contribution in [-0.2, 0) is 26.4 Å². The van der Waals surface area contributed by atoms with Crippen molar-refractivity contribution < 1.29 is 16.8 Å². The maximum atomic E-state index is 13.2. The average Bonchev–Trinajstić information content (AvgIpc) is 2.60. The third-order valence-corrected chi connectivity index (χ3v) is 7.61. The fourth-order valence-electron chi connectivity index (χ4n) is 2.39. The number of nitrogens with zero attached hydrogens (tertiary/aromatic N) is 2. The number of hydrogen-bond acceptors (Lipinski definition) is 5. The molecule has 0 saturated heterocycles. The van der Waals surface area contributed by atoms with E-state index in [2.05, 4.69) is 22.5 Å². The molecule has 0 unspecified atom stereocenters. The van der Waals surface area contributed by atoms with Crippen LogP contribution >= 0.6 is 15.9 Å². The quantitative estimate of drug-likeness (QED) is 0.581. The van der Waals surface area contributed by atoms with Gasteiger partial charge in [0.15, 0.2) is 9.84 Å². The molecular weight excluding hydrogens is 452 g/mol. The number of halogens is 1. The first-order chi connectivity index (χ1) is 12.6. The summed E-state index contributed by atoms with van der Waals surface area (Å²) in [6.45, 7) is 3.63. The molecule has 0 radical (unpaired) electrons. The van der Waals surface area contributed by atoms with Gasteiger partial charge >= 0.3 is 0 Å². The van der Waals surface area contributed by atoms with Crippen molar-refractivity contribution in [3.8, 4) is 6.07 Å². The van der Waals surface area contributed by atoms with E-state index in [1.54, 1.807) is 24.3 Å². The lowest BCUT2D eigenvalue weighted by molar-refractivity contribution is 0.438. The fraction of sp³-hybridized carbons (Fsp3) is 0.167. The van der Waals surface area contributed by atoms with Crippen molar-refractivity contribution in [1.29, 1.82) is 5.26 Å². The van der Waals surface area contributed by atoms with Gasteiger partial charge in [0.25, 0.3) is 0 Å². The maximum absolute atomic E-state index is 13.2. The monoisotopic (exact) mass is 468 g/mol. The van der Waals surface area contributed by atoms with Crippen LogP contribution in [0.4, 0.5) is 0 Å². The summed E-state index contributed by atoms with van der Waals surface area (Å²) >= 11 is 3.19. The third-order valence-electron chi connectivity index (χ3n) is 3.70. The number of benzene rings is 2. The van der Waals surface area contributed by atoms with Gasteiger partial charge in [-0.1, -0.05) is 18.2 Å². The maximum Gasteiger partial charge on any atom is 0.244 e. The normalized spacial score (nSPS) is 11.9. The van der Waals surface area contributed by atoms with Gasteiger partial charge in [-0.15, -0.1) is 6.58 Å². The molecule has 0 bridgehead atoms. The molecule has 2 rings (SSSR count). The van der Waals surface area contributed by atoms with E-state index >= 15 is 0 Å². The van der Waals surface area contributed by atoms with Crippen LogP contribution in [0.5, 0.6) is 0 Å². The Morgan fingerprint density at radius 3 is 2.48 bits per heavy atom. The summed E-state index contributed by atoms with van der Waals surface area (Å²) < 4.78 is 51.4. The van der Waals surface area contributed by atoms with E-state index in [9.17, 15) is 16.8 Å². The summed E-state index contributed by atoms with van der Waals surface area (Å²) in [5, 5.41) is 9.02. The van der Waals surface area contributed by atoms with Gasteiger partial charge in [-0.3, -0.25) is 0 Å². The van der Waals surface area contributed by atoms with Gasteiger partial charge in [0.2, 0.25) is 10.0 Å². The predicted molar refractivity (Wildman–Crippen MR) is 106 cm³/mol. The zero-order chi connectivity index (χ0) is 20.2. The van der Waals surface area contributed by atoms with E-state index in [-0.39, 0.29) is 27.4 Å². The SMILES string of the molecule is C=CCN(Cc1cccc(C#N)c1)S(=O)(=O)c1cc(S(C)(=O)=O)ccc1Br. The Labute approximate surface area is 167 Å². The molecule has 0 fully saturated rings. The minimum atomic E-state index is -4.03. The van der Waals surface area contributed by atoms with E-state index < -0.39 is 19.9 Å². The van der Waals surface area contributed by atoms with E-state index in [1.165, 1.54) is 22.5 Å². The van der Waals surface area contributed by atoms with Crippen molar-refractivity contribution in [3.63, 3.8) is 0 Å². The molecule has 0 spiro atoms. The van der Waals surface area contributed by atoms with Crippen LogP contribution < -0.4 is 0 Å². The Morgan fingerprint density at radius 2 is 1.89 bits per heavy atom. The van der Waals surface area contributed by atoms with Gasteiger partial charge in [-0.25, -0.2) is 16.8 Å². The van der Waals surface area contributed by atoms with Crippen LogP contribution in [0.2, 0.25) is 0 Å². The molecule has 0 aliphatic rings. The molecule has 6 nitrogen and oxygen atoms in total. The van der Waals surface area contributed by atoms with Crippen molar-refractivity contribution in [2.75, 3.05) is 12.8 Å². The molecule has 27 heavy (non-hydrogen) atoms. The van der Waals surface area contributed by atoms with Crippen molar-refractivity contribution in [1.82, 2.24) is 4.31 Å². The van der Waals surface area contributed by atoms with E-state index in [0.717, 1.165) is 12.3 Å². The van der Waals surface area contributed by atoms with Crippen LogP contribution in [0.1, 0.15) is 11.1 Å². The molecule has 2 aromatic carbocycles. The molecule has 0 heterocycles. The summed E-state index contributed by atoms with van der Waals surface area (Å²) in [7, 11) is -7.59. The lowest BCUT2D eigenvalue weighted by Gasteiger charge is -2.22. The number of hydrogen-bond donors (Lipinski definition) is 0. The molecule has 0 aliphatic heterocycles. The molecule has 0 aromatic heterocycles. The highest BCUT2D eigenvalue weighted by atomic mass is 79.9. The van der Waals surface area contributed by atoms with Gasteiger partial charge in [0, 0.05) is 23.8 Å². The highest BCUT2D eigenvalue weighted by molar-refractivity contribution is 9.10. The van der Waals surface area contributed by atoms with E-state index in [0.29, 0.717) is 11.1 Å². The Morgan fingerprint density at radius 1 is 1.19 bits per heavy atom. The predicted octanol–water partition coefficient (Wildman–Crippen LogP) is 3.10. The fourth-order valence-corrected chi connectivity index (χ4v) is 5.46. The minimum Gasteiger partial charge on any atom is -0.224 e. The van der Waals surface area contributed by atoms with Crippen LogP contribution in [0, 0.1) is 11.3 Å². The number of nitriles is 1. The zero-order valence-corrected chi connectivity index (χ0v) is 17.7. The van der Waals surface area contributed by atoms with Crippen molar-refractivity contribution in [2.24, 2.45) is 0 Å². The second-order valence-corrected chi connectivity index (χ2v) is 10.5. The Balaban J connectivity index is 2.53. The molecule has 0 amide bonds. The lowest BCUT2D eigenvalue weighted by atomic mass is 10.1. The molecule has 9 heteroatoms. The molecule has 0 aliphatic carbocycles. The Bertz CT molecular complexity index is 1120. The van der Waals surface area contributed by atoms with Gasteiger partial charge in [-0.2, -0.15) is 9.57 Å². The summed E-state index contributed by atoms with van der Waals surface area (Å²) in [5.74, 6) is 0. The van der Waals surface area contributed by atoms with Crippen LogP contribution in [0.25, 0.3) is 0 Å². The summed E-state index contributed by atoms with van der Waals surface area (Å²) in [4.78, 5) is -0.238. The van der Waals surface area contributed by atoms with Gasteiger partial charge < -0.3 is 0 Å². The van der Waals surface area contributed by atoms with E-state index in [1.807, 2.05) is 6.07 Å². The molecule has 0 N–H and O–H groups in total. The standard InChI is InChI=1S/C18H17BrN2O4S2/c1-3-9-21(13-15-6-4-5-14(10-15)12-20)27(24,25)18-11-16(26(2,22)23)7-8-17(18)19/h3-8,10-11H,1,9,13H2,2H3. The second-order valence-electron chi connectivity index (χ2n) is 5.76. The first-order valence-electron chi connectivity index (χ1n) is 7.69. The molecule has 0 atom stereocenters. The molecule has 142 valence electrons.